The Morgan fingerprint density at radius 1 is 1.05 bits per heavy atom. The fourth-order valence-corrected chi connectivity index (χ4v) is 4.58. The van der Waals surface area contributed by atoms with Crippen molar-refractivity contribution in [3.63, 3.8) is 0 Å². The molecule has 1 aliphatic rings. The Hall–Kier alpha value is -3.80. The van der Waals surface area contributed by atoms with Crippen LogP contribution < -0.4 is 20.7 Å². The van der Waals surface area contributed by atoms with Crippen molar-refractivity contribution in [2.45, 2.75) is 17.7 Å². The van der Waals surface area contributed by atoms with Crippen molar-refractivity contribution in [2.24, 2.45) is 0 Å². The lowest BCUT2D eigenvalue weighted by molar-refractivity contribution is -0.111. The van der Waals surface area contributed by atoms with Gasteiger partial charge < -0.3 is 25.4 Å². The second kappa shape index (κ2) is 14.4. The molecule has 3 aromatic rings. The molecule has 11 heteroatoms. The predicted molar refractivity (Wildman–Crippen MR) is 155 cm³/mol. The molecule has 10 nitrogen and oxygen atoms in total. The van der Waals surface area contributed by atoms with Crippen LogP contribution in [0.25, 0.3) is 0 Å². The van der Waals surface area contributed by atoms with E-state index in [-0.39, 0.29) is 5.91 Å². The molecule has 0 bridgehead atoms. The minimum atomic E-state index is -1.32. The highest BCUT2D eigenvalue weighted by Crippen LogP contribution is 2.25. The van der Waals surface area contributed by atoms with Crippen LogP contribution in [0.4, 0.5) is 28.8 Å². The minimum Gasteiger partial charge on any atom is -0.491 e. The van der Waals surface area contributed by atoms with Crippen LogP contribution in [0.3, 0.4) is 0 Å². The van der Waals surface area contributed by atoms with Crippen LogP contribution >= 0.6 is 0 Å². The normalized spacial score (nSPS) is 14.3. The minimum absolute atomic E-state index is 0.190. The number of likely N-dealkylation sites (tertiary alicyclic amines) is 1. The molecule has 0 radical (unpaired) electrons. The largest absolute Gasteiger partial charge is 0.491 e. The Balaban J connectivity index is 1.41. The third kappa shape index (κ3) is 8.88. The number of aromatic nitrogens is 2. The number of methoxy groups -OCH3 is 1. The zero-order valence-corrected chi connectivity index (χ0v) is 23.0. The number of hydrogen-bond donors (Lipinski definition) is 3. The molecule has 39 heavy (non-hydrogen) atoms. The molecule has 0 aliphatic carbocycles. The molecule has 206 valence electrons. The molecule has 0 saturated carbocycles. The van der Waals surface area contributed by atoms with Gasteiger partial charge in [0.25, 0.3) is 0 Å². The van der Waals surface area contributed by atoms with Gasteiger partial charge in [0, 0.05) is 43.0 Å². The highest BCUT2D eigenvalue weighted by atomic mass is 32.2. The van der Waals surface area contributed by atoms with Crippen molar-refractivity contribution < 1.29 is 18.5 Å². The maximum absolute atomic E-state index is 12.4. The first-order valence-corrected chi connectivity index (χ1v) is 14.3. The lowest BCUT2D eigenvalue weighted by Gasteiger charge is -2.13. The third-order valence-electron chi connectivity index (χ3n) is 5.96. The number of amides is 1. The number of rotatable bonds is 13. The molecule has 1 unspecified atom stereocenters. The van der Waals surface area contributed by atoms with Gasteiger partial charge >= 0.3 is 0 Å². The first kappa shape index (κ1) is 28.2. The van der Waals surface area contributed by atoms with Crippen LogP contribution in [0.15, 0.2) is 71.8 Å². The van der Waals surface area contributed by atoms with Gasteiger partial charge in [-0.25, -0.2) is 4.98 Å². The van der Waals surface area contributed by atoms with Crippen molar-refractivity contribution in [3.05, 3.63) is 66.9 Å². The van der Waals surface area contributed by atoms with Gasteiger partial charge in [-0.05, 0) is 68.4 Å². The van der Waals surface area contributed by atoms with Crippen LogP contribution in [-0.4, -0.2) is 71.2 Å². The van der Waals surface area contributed by atoms with Gasteiger partial charge in [-0.3, -0.25) is 13.9 Å². The molecule has 1 fully saturated rings. The summed E-state index contributed by atoms with van der Waals surface area (Å²) in [5.41, 5.74) is 2.09. The molecule has 2 heterocycles. The smallest absolute Gasteiger partial charge is 0.248 e. The van der Waals surface area contributed by atoms with Gasteiger partial charge in [-0.1, -0.05) is 12.1 Å². The number of carbonyl (C=O) groups excluding carboxylic acids is 1. The fraction of sp³-hybridized carbons (Fsp3) is 0.321. The molecule has 1 aromatic heterocycles. The Morgan fingerprint density at radius 3 is 2.56 bits per heavy atom. The van der Waals surface area contributed by atoms with E-state index in [9.17, 15) is 9.00 Å². The third-order valence-corrected chi connectivity index (χ3v) is 6.87. The van der Waals surface area contributed by atoms with E-state index in [2.05, 4.69) is 30.8 Å². The molecular weight excluding hydrogens is 516 g/mol. The summed E-state index contributed by atoms with van der Waals surface area (Å²) < 4.78 is 22.9. The summed E-state index contributed by atoms with van der Waals surface area (Å²) in [5.74, 6) is 1.28. The lowest BCUT2D eigenvalue weighted by atomic mass is 10.2. The first-order chi connectivity index (χ1) is 19.0. The first-order valence-electron chi connectivity index (χ1n) is 12.8. The summed E-state index contributed by atoms with van der Waals surface area (Å²) in [4.78, 5) is 24.0. The van der Waals surface area contributed by atoms with Crippen LogP contribution in [0.2, 0.25) is 0 Å². The van der Waals surface area contributed by atoms with Gasteiger partial charge in [0.2, 0.25) is 11.9 Å². The molecule has 2 aromatic carbocycles. The molecule has 3 N–H and O–H groups in total. The SMILES string of the molecule is COCCOc1ccc(Nc2ncc(S(C)=O)c(Nc3cccc(NC(=O)C=CCN4CCCC4)c3)n2)cc1. The number of ether oxygens (including phenoxy) is 2. The standard InChI is InChI=1S/C28H34N6O4S/c1-37-17-18-38-24-12-10-21(11-13-24)32-28-29-20-25(39(2)36)27(33-28)31-23-8-5-7-22(19-23)30-26(35)9-6-16-34-14-3-4-15-34/h5-13,19-20H,3-4,14-18H2,1-2H3,(H,30,35)(H2,29,31,32,33). The van der Waals surface area contributed by atoms with Gasteiger partial charge in [0.05, 0.1) is 28.5 Å². The van der Waals surface area contributed by atoms with E-state index >= 15 is 0 Å². The zero-order valence-electron chi connectivity index (χ0n) is 22.2. The topological polar surface area (TPSA) is 118 Å². The van der Waals surface area contributed by atoms with Crippen molar-refractivity contribution in [1.82, 2.24) is 14.9 Å². The Bertz CT molecular complexity index is 1300. The summed E-state index contributed by atoms with van der Waals surface area (Å²) in [6, 6.07) is 14.7. The average Bonchev–Trinajstić information content (AvgIpc) is 3.44. The van der Waals surface area contributed by atoms with Crippen LogP contribution in [0.1, 0.15) is 12.8 Å². The summed E-state index contributed by atoms with van der Waals surface area (Å²) in [5, 5.41) is 9.27. The molecule has 0 spiro atoms. The molecule has 1 amide bonds. The number of hydrogen-bond acceptors (Lipinski definition) is 9. The number of nitrogens with zero attached hydrogens (tertiary/aromatic N) is 3. The molecule has 1 atom stereocenters. The van der Waals surface area contributed by atoms with Crippen molar-refractivity contribution in [3.8, 4) is 5.75 Å². The second-order valence-corrected chi connectivity index (χ2v) is 10.3. The van der Waals surface area contributed by atoms with Crippen molar-refractivity contribution >= 4 is 45.5 Å². The number of benzene rings is 2. The quantitative estimate of drug-likeness (QED) is 0.211. The van der Waals surface area contributed by atoms with E-state index in [0.717, 1.165) is 31.1 Å². The Labute approximate surface area is 231 Å². The van der Waals surface area contributed by atoms with Crippen molar-refractivity contribution in [2.75, 3.05) is 62.2 Å². The van der Waals surface area contributed by atoms with Gasteiger partial charge in [-0.2, -0.15) is 4.98 Å². The zero-order chi connectivity index (χ0) is 27.5. The van der Waals surface area contributed by atoms with Crippen LogP contribution in [0, 0.1) is 0 Å². The number of anilines is 5. The second-order valence-electron chi connectivity index (χ2n) is 8.96. The molecule has 4 rings (SSSR count). The summed E-state index contributed by atoms with van der Waals surface area (Å²) in [7, 11) is 0.307. The number of nitrogens with one attached hydrogen (secondary N) is 3. The molecular formula is C28H34N6O4S. The van der Waals surface area contributed by atoms with Gasteiger partial charge in [0.15, 0.2) is 5.82 Å². The monoisotopic (exact) mass is 550 g/mol. The number of carbonyl (C=O) groups is 1. The van der Waals surface area contributed by atoms with E-state index in [4.69, 9.17) is 9.47 Å². The molecule has 1 aliphatic heterocycles. The van der Waals surface area contributed by atoms with Crippen molar-refractivity contribution in [1.29, 1.82) is 0 Å². The van der Waals surface area contributed by atoms with Gasteiger partial charge in [0.1, 0.15) is 12.4 Å². The van der Waals surface area contributed by atoms with E-state index < -0.39 is 10.8 Å². The highest BCUT2D eigenvalue weighted by molar-refractivity contribution is 7.84. The summed E-state index contributed by atoms with van der Waals surface area (Å²) in [6.45, 7) is 3.93. The van der Waals surface area contributed by atoms with E-state index in [1.54, 1.807) is 25.5 Å². The Morgan fingerprint density at radius 2 is 1.82 bits per heavy atom. The van der Waals surface area contributed by atoms with Crippen LogP contribution in [0.5, 0.6) is 5.75 Å². The van der Waals surface area contributed by atoms with E-state index in [1.807, 2.05) is 48.5 Å². The van der Waals surface area contributed by atoms with E-state index in [0.29, 0.717) is 41.3 Å². The fourth-order valence-electron chi connectivity index (χ4n) is 4.01. The van der Waals surface area contributed by atoms with Gasteiger partial charge in [-0.15, -0.1) is 0 Å². The predicted octanol–water partition coefficient (Wildman–Crippen LogP) is 4.32. The Kier molecular flexibility index (Phi) is 10.4. The summed E-state index contributed by atoms with van der Waals surface area (Å²) in [6.07, 6.45) is 9.00. The lowest BCUT2D eigenvalue weighted by Crippen LogP contribution is -2.19. The van der Waals surface area contributed by atoms with E-state index in [1.165, 1.54) is 19.0 Å². The summed E-state index contributed by atoms with van der Waals surface area (Å²) >= 11 is 0. The highest BCUT2D eigenvalue weighted by Gasteiger charge is 2.13. The maximum Gasteiger partial charge on any atom is 0.248 e. The van der Waals surface area contributed by atoms with Crippen LogP contribution in [-0.2, 0) is 20.3 Å². The average molecular weight is 551 g/mol. The molecule has 1 saturated heterocycles. The maximum atomic E-state index is 12.4.